The Labute approximate surface area is 125 Å². The number of hydrogen-bond acceptors (Lipinski definition) is 4. The number of hydrogen-bond donors (Lipinski definition) is 3. The van der Waals surface area contributed by atoms with E-state index >= 15 is 0 Å². The van der Waals surface area contributed by atoms with Crippen LogP contribution in [0.5, 0.6) is 0 Å². The van der Waals surface area contributed by atoms with Crippen molar-refractivity contribution in [2.75, 3.05) is 18.5 Å². The van der Waals surface area contributed by atoms with Gasteiger partial charge in [0.1, 0.15) is 11.2 Å². The molecule has 0 unspecified atom stereocenters. The first kappa shape index (κ1) is 15.5. The monoisotopic (exact) mass is 315 g/mol. The standard InChI is InChI=1S/C13H15ClFN3O3/c14-8-1-2-10(9(15)7-8)17-12(19)13(11(16)18-20)3-5-21-6-4-13/h1-2,7,20H,3-6H2,(H2,16,18)(H,17,19). The predicted molar refractivity (Wildman–Crippen MR) is 75.9 cm³/mol. The normalized spacial score (nSPS) is 18.3. The van der Waals surface area contributed by atoms with E-state index in [9.17, 15) is 9.18 Å². The maximum atomic E-state index is 13.8. The molecule has 1 aliphatic rings. The lowest BCUT2D eigenvalue weighted by Crippen LogP contribution is -2.50. The zero-order valence-corrected chi connectivity index (χ0v) is 11.9. The summed E-state index contributed by atoms with van der Waals surface area (Å²) in [5.74, 6) is -1.41. The Morgan fingerprint density at radius 2 is 2.14 bits per heavy atom. The maximum absolute atomic E-state index is 13.8. The third-order valence-electron chi connectivity index (χ3n) is 3.56. The lowest BCUT2D eigenvalue weighted by atomic mass is 9.78. The summed E-state index contributed by atoms with van der Waals surface area (Å²) < 4.78 is 18.9. The smallest absolute Gasteiger partial charge is 0.238 e. The van der Waals surface area contributed by atoms with Crippen molar-refractivity contribution in [2.45, 2.75) is 12.8 Å². The summed E-state index contributed by atoms with van der Waals surface area (Å²) in [4.78, 5) is 12.5. The van der Waals surface area contributed by atoms with E-state index in [4.69, 9.17) is 27.3 Å². The van der Waals surface area contributed by atoms with Gasteiger partial charge in [0.25, 0.3) is 0 Å². The number of halogens is 2. The average Bonchev–Trinajstić information content (AvgIpc) is 2.49. The number of amidine groups is 1. The molecule has 0 bridgehead atoms. The molecule has 4 N–H and O–H groups in total. The second kappa shape index (κ2) is 6.28. The Kier molecular flexibility index (Phi) is 4.64. The van der Waals surface area contributed by atoms with Crippen molar-refractivity contribution in [3.8, 4) is 0 Å². The van der Waals surface area contributed by atoms with Gasteiger partial charge in [0.15, 0.2) is 5.84 Å². The molecule has 1 aliphatic heterocycles. The highest BCUT2D eigenvalue weighted by molar-refractivity contribution is 6.30. The SMILES string of the molecule is NC(=NO)C1(C(=O)Nc2ccc(Cl)cc2F)CCOCC1. The summed E-state index contributed by atoms with van der Waals surface area (Å²) in [6.45, 7) is 0.597. The highest BCUT2D eigenvalue weighted by atomic mass is 35.5. The Morgan fingerprint density at radius 3 is 2.71 bits per heavy atom. The van der Waals surface area contributed by atoms with Crippen LogP contribution in [0.3, 0.4) is 0 Å². The van der Waals surface area contributed by atoms with Gasteiger partial charge in [-0.15, -0.1) is 0 Å². The molecule has 6 nitrogen and oxygen atoms in total. The molecule has 1 saturated heterocycles. The Balaban J connectivity index is 2.27. The highest BCUT2D eigenvalue weighted by Gasteiger charge is 2.44. The Hall–Kier alpha value is -1.86. The number of carbonyl (C=O) groups excluding carboxylic acids is 1. The largest absolute Gasteiger partial charge is 0.409 e. The zero-order valence-electron chi connectivity index (χ0n) is 11.1. The second-order valence-corrected chi connectivity index (χ2v) is 5.19. The summed E-state index contributed by atoms with van der Waals surface area (Å²) >= 11 is 5.66. The van der Waals surface area contributed by atoms with Crippen molar-refractivity contribution in [1.82, 2.24) is 0 Å². The van der Waals surface area contributed by atoms with Crippen LogP contribution >= 0.6 is 11.6 Å². The molecule has 1 aromatic carbocycles. The number of amides is 1. The molecule has 0 aromatic heterocycles. The van der Waals surface area contributed by atoms with Gasteiger partial charge in [-0.25, -0.2) is 4.39 Å². The molecule has 21 heavy (non-hydrogen) atoms. The predicted octanol–water partition coefficient (Wildman–Crippen LogP) is 1.96. The number of nitrogens with zero attached hydrogens (tertiary/aromatic N) is 1. The van der Waals surface area contributed by atoms with Crippen LogP contribution < -0.4 is 11.1 Å². The number of anilines is 1. The van der Waals surface area contributed by atoms with E-state index in [1.165, 1.54) is 12.1 Å². The average molecular weight is 316 g/mol. The first-order valence-corrected chi connectivity index (χ1v) is 6.69. The molecule has 0 atom stereocenters. The van der Waals surface area contributed by atoms with Gasteiger partial charge in [0.2, 0.25) is 5.91 Å². The van der Waals surface area contributed by atoms with Gasteiger partial charge in [0, 0.05) is 18.2 Å². The van der Waals surface area contributed by atoms with Gasteiger partial charge in [-0.3, -0.25) is 4.79 Å². The van der Waals surface area contributed by atoms with Crippen LogP contribution in [0, 0.1) is 11.2 Å². The van der Waals surface area contributed by atoms with Crippen LogP contribution in [0.25, 0.3) is 0 Å². The molecule has 2 rings (SSSR count). The van der Waals surface area contributed by atoms with Gasteiger partial charge in [-0.05, 0) is 31.0 Å². The molecule has 1 fully saturated rings. The third kappa shape index (κ3) is 3.08. The number of carbonyl (C=O) groups is 1. The van der Waals surface area contributed by atoms with Crippen molar-refractivity contribution in [1.29, 1.82) is 0 Å². The van der Waals surface area contributed by atoms with Gasteiger partial charge in [0.05, 0.1) is 5.69 Å². The van der Waals surface area contributed by atoms with Crippen LogP contribution in [0.1, 0.15) is 12.8 Å². The van der Waals surface area contributed by atoms with Crippen LogP contribution in [0.15, 0.2) is 23.4 Å². The minimum Gasteiger partial charge on any atom is -0.409 e. The van der Waals surface area contributed by atoms with Crippen LogP contribution in [0.4, 0.5) is 10.1 Å². The fourth-order valence-electron chi connectivity index (χ4n) is 2.25. The van der Waals surface area contributed by atoms with E-state index in [0.717, 1.165) is 6.07 Å². The van der Waals surface area contributed by atoms with E-state index in [0.29, 0.717) is 13.2 Å². The van der Waals surface area contributed by atoms with E-state index in [2.05, 4.69) is 10.5 Å². The molecule has 1 aromatic rings. The molecule has 0 saturated carbocycles. The van der Waals surface area contributed by atoms with Crippen molar-refractivity contribution in [3.63, 3.8) is 0 Å². The fraction of sp³-hybridized carbons (Fsp3) is 0.385. The van der Waals surface area contributed by atoms with E-state index in [-0.39, 0.29) is 29.4 Å². The summed E-state index contributed by atoms with van der Waals surface area (Å²) in [6, 6.07) is 3.91. The molecular weight excluding hydrogens is 301 g/mol. The fourth-order valence-corrected chi connectivity index (χ4v) is 2.41. The number of rotatable bonds is 3. The molecule has 0 spiro atoms. The Bertz CT molecular complexity index is 574. The first-order valence-electron chi connectivity index (χ1n) is 6.32. The first-order chi connectivity index (χ1) is 9.99. The molecule has 114 valence electrons. The number of ether oxygens (including phenoxy) is 1. The van der Waals surface area contributed by atoms with Crippen LogP contribution in [0.2, 0.25) is 5.02 Å². The summed E-state index contributed by atoms with van der Waals surface area (Å²) in [5.41, 5.74) is 4.45. The second-order valence-electron chi connectivity index (χ2n) is 4.76. The van der Waals surface area contributed by atoms with Crippen LogP contribution in [-0.2, 0) is 9.53 Å². The third-order valence-corrected chi connectivity index (χ3v) is 3.79. The zero-order chi connectivity index (χ0) is 15.5. The topological polar surface area (TPSA) is 96.9 Å². The molecular formula is C13H15ClFN3O3. The number of nitrogens with two attached hydrogens (primary N) is 1. The van der Waals surface area contributed by atoms with Crippen LogP contribution in [-0.4, -0.2) is 30.2 Å². The van der Waals surface area contributed by atoms with Gasteiger partial charge >= 0.3 is 0 Å². The molecule has 0 aliphatic carbocycles. The maximum Gasteiger partial charge on any atom is 0.238 e. The lowest BCUT2D eigenvalue weighted by Gasteiger charge is -2.34. The molecule has 1 heterocycles. The minimum absolute atomic E-state index is 0.0130. The molecule has 8 heteroatoms. The van der Waals surface area contributed by atoms with Crippen molar-refractivity contribution < 1.29 is 19.1 Å². The quantitative estimate of drug-likeness (QED) is 0.344. The number of oxime groups is 1. The van der Waals surface area contributed by atoms with Crippen molar-refractivity contribution in [2.24, 2.45) is 16.3 Å². The van der Waals surface area contributed by atoms with E-state index in [1.54, 1.807) is 0 Å². The number of nitrogens with one attached hydrogen (secondary N) is 1. The van der Waals surface area contributed by atoms with Crippen molar-refractivity contribution >= 4 is 29.0 Å². The van der Waals surface area contributed by atoms with E-state index in [1.807, 2.05) is 0 Å². The summed E-state index contributed by atoms with van der Waals surface area (Å²) in [5, 5.41) is 14.5. The summed E-state index contributed by atoms with van der Waals surface area (Å²) in [7, 11) is 0. The van der Waals surface area contributed by atoms with Crippen molar-refractivity contribution in [3.05, 3.63) is 29.0 Å². The highest BCUT2D eigenvalue weighted by Crippen LogP contribution is 2.33. The van der Waals surface area contributed by atoms with Gasteiger partial charge in [-0.2, -0.15) is 0 Å². The number of benzene rings is 1. The lowest BCUT2D eigenvalue weighted by molar-refractivity contribution is -0.126. The van der Waals surface area contributed by atoms with Gasteiger partial charge < -0.3 is 21.0 Å². The molecule has 0 radical (unpaired) electrons. The Morgan fingerprint density at radius 1 is 1.48 bits per heavy atom. The van der Waals surface area contributed by atoms with Gasteiger partial charge in [-0.1, -0.05) is 16.8 Å². The molecule has 1 amide bonds. The summed E-state index contributed by atoms with van der Waals surface area (Å²) in [6.07, 6.45) is 0.508. The minimum atomic E-state index is -1.21. The van der Waals surface area contributed by atoms with E-state index < -0.39 is 17.1 Å².